The third kappa shape index (κ3) is 2.20. The predicted molar refractivity (Wildman–Crippen MR) is 68.1 cm³/mol. The van der Waals surface area contributed by atoms with E-state index in [1.807, 2.05) is 0 Å². The number of halogens is 1. The van der Waals surface area contributed by atoms with Crippen molar-refractivity contribution in [2.75, 3.05) is 18.8 Å². The van der Waals surface area contributed by atoms with E-state index in [1.165, 1.54) is 10.4 Å². The molecule has 1 aromatic carbocycles. The van der Waals surface area contributed by atoms with Gasteiger partial charge in [0.25, 0.3) is 0 Å². The number of β-amino-alcohol motifs (C(OH)–C–C–N with tert-alkyl or cyclic N) is 1. The summed E-state index contributed by atoms with van der Waals surface area (Å²) in [6.07, 6.45) is -0.558. The molecular weight excluding hydrogens is 308 g/mol. The maximum Gasteiger partial charge on any atom is 0.243 e. The maximum atomic E-state index is 12.2. The van der Waals surface area contributed by atoms with E-state index in [-0.39, 0.29) is 18.0 Å². The highest BCUT2D eigenvalue weighted by Gasteiger charge is 2.36. The highest BCUT2D eigenvalue weighted by molar-refractivity contribution is 9.10. The Hall–Kier alpha value is -0.630. The number of anilines is 1. The van der Waals surface area contributed by atoms with Crippen LogP contribution in [0.3, 0.4) is 0 Å². The Balaban J connectivity index is 2.43. The van der Waals surface area contributed by atoms with Crippen molar-refractivity contribution in [2.24, 2.45) is 0 Å². The summed E-state index contributed by atoms with van der Waals surface area (Å²) < 4.78 is 26.3. The zero-order chi connectivity index (χ0) is 12.8. The molecule has 0 atom stereocenters. The van der Waals surface area contributed by atoms with E-state index in [2.05, 4.69) is 15.9 Å². The SMILES string of the molecule is Cc1cc(Br)c(N)cc1S(=O)(=O)N1CC(O)C1. The van der Waals surface area contributed by atoms with Crippen LogP contribution in [0.2, 0.25) is 0 Å². The van der Waals surface area contributed by atoms with Crippen molar-refractivity contribution in [3.63, 3.8) is 0 Å². The summed E-state index contributed by atoms with van der Waals surface area (Å²) in [6.45, 7) is 2.02. The standard InChI is InChI=1S/C10H13BrN2O3S/c1-6-2-8(11)9(12)3-10(6)17(15,16)13-4-7(14)5-13/h2-3,7,14H,4-5,12H2,1H3. The molecule has 5 nitrogen and oxygen atoms in total. The van der Waals surface area contributed by atoms with Crippen LogP contribution in [0.5, 0.6) is 0 Å². The zero-order valence-corrected chi connectivity index (χ0v) is 11.6. The van der Waals surface area contributed by atoms with Gasteiger partial charge in [0.2, 0.25) is 10.0 Å². The van der Waals surface area contributed by atoms with Gasteiger partial charge in [0.15, 0.2) is 0 Å². The Morgan fingerprint density at radius 2 is 2.06 bits per heavy atom. The summed E-state index contributed by atoms with van der Waals surface area (Å²) in [5.41, 5.74) is 6.71. The van der Waals surface area contributed by atoms with Gasteiger partial charge in [0.1, 0.15) is 0 Å². The van der Waals surface area contributed by atoms with Gasteiger partial charge in [-0.25, -0.2) is 8.42 Å². The van der Waals surface area contributed by atoms with E-state index in [1.54, 1.807) is 13.0 Å². The first-order valence-electron chi connectivity index (χ1n) is 5.06. The summed E-state index contributed by atoms with van der Waals surface area (Å²) >= 11 is 3.25. The average molecular weight is 321 g/mol. The number of benzene rings is 1. The molecule has 1 saturated heterocycles. The molecule has 0 spiro atoms. The van der Waals surface area contributed by atoms with Crippen molar-refractivity contribution in [1.29, 1.82) is 0 Å². The Labute approximate surface area is 108 Å². The van der Waals surface area contributed by atoms with Crippen molar-refractivity contribution in [1.82, 2.24) is 4.31 Å². The molecule has 3 N–H and O–H groups in total. The second-order valence-corrected chi connectivity index (χ2v) is 6.88. The Morgan fingerprint density at radius 3 is 2.59 bits per heavy atom. The number of rotatable bonds is 2. The van der Waals surface area contributed by atoms with E-state index in [9.17, 15) is 8.42 Å². The van der Waals surface area contributed by atoms with Gasteiger partial charge >= 0.3 is 0 Å². The van der Waals surface area contributed by atoms with E-state index in [0.717, 1.165) is 0 Å². The molecule has 1 heterocycles. The minimum Gasteiger partial charge on any atom is -0.398 e. The van der Waals surface area contributed by atoms with Crippen LogP contribution >= 0.6 is 15.9 Å². The van der Waals surface area contributed by atoms with Gasteiger partial charge in [-0.3, -0.25) is 0 Å². The van der Waals surface area contributed by atoms with Crippen molar-refractivity contribution in [2.45, 2.75) is 17.9 Å². The molecule has 0 amide bonds. The number of hydrogen-bond acceptors (Lipinski definition) is 4. The molecule has 0 bridgehead atoms. The van der Waals surface area contributed by atoms with Gasteiger partial charge in [-0.15, -0.1) is 0 Å². The number of nitrogens with two attached hydrogens (primary N) is 1. The van der Waals surface area contributed by atoms with Crippen molar-refractivity contribution in [3.05, 3.63) is 22.2 Å². The molecule has 1 aromatic rings. The lowest BCUT2D eigenvalue weighted by Gasteiger charge is -2.35. The molecule has 1 aliphatic heterocycles. The largest absolute Gasteiger partial charge is 0.398 e. The van der Waals surface area contributed by atoms with Gasteiger partial charge in [0, 0.05) is 23.2 Å². The van der Waals surface area contributed by atoms with E-state index < -0.39 is 16.1 Å². The fourth-order valence-electron chi connectivity index (χ4n) is 1.70. The molecule has 7 heteroatoms. The number of aliphatic hydroxyl groups is 1. The molecule has 0 unspecified atom stereocenters. The van der Waals surface area contributed by atoms with Crippen LogP contribution in [0.15, 0.2) is 21.5 Å². The molecule has 94 valence electrons. The van der Waals surface area contributed by atoms with E-state index in [4.69, 9.17) is 10.8 Å². The van der Waals surface area contributed by atoms with Crippen LogP contribution in [-0.4, -0.2) is 37.0 Å². The third-order valence-corrected chi connectivity index (χ3v) is 5.40. The van der Waals surface area contributed by atoms with E-state index >= 15 is 0 Å². The number of sulfonamides is 1. The second-order valence-electron chi connectivity index (χ2n) is 4.12. The first-order valence-corrected chi connectivity index (χ1v) is 7.29. The lowest BCUT2D eigenvalue weighted by molar-refractivity contribution is 0.0547. The maximum absolute atomic E-state index is 12.2. The molecule has 2 rings (SSSR count). The van der Waals surface area contributed by atoms with Crippen LogP contribution in [-0.2, 0) is 10.0 Å². The topological polar surface area (TPSA) is 83.6 Å². The molecule has 0 radical (unpaired) electrons. The zero-order valence-electron chi connectivity index (χ0n) is 9.22. The van der Waals surface area contributed by atoms with Gasteiger partial charge in [-0.1, -0.05) is 0 Å². The summed E-state index contributed by atoms with van der Waals surface area (Å²) in [7, 11) is -3.53. The average Bonchev–Trinajstić information content (AvgIpc) is 2.18. The predicted octanol–water partition coefficient (Wildman–Crippen LogP) is 0.705. The lowest BCUT2D eigenvalue weighted by atomic mass is 10.2. The second kappa shape index (κ2) is 4.24. The van der Waals surface area contributed by atoms with Crippen LogP contribution in [0.1, 0.15) is 5.56 Å². The number of aryl methyl sites for hydroxylation is 1. The molecule has 0 saturated carbocycles. The number of nitrogens with zero attached hydrogens (tertiary/aromatic N) is 1. The van der Waals surface area contributed by atoms with Crippen LogP contribution in [0.25, 0.3) is 0 Å². The summed E-state index contributed by atoms with van der Waals surface area (Å²) in [5.74, 6) is 0. The number of aliphatic hydroxyl groups excluding tert-OH is 1. The first-order chi connectivity index (χ1) is 7.82. The summed E-state index contributed by atoms with van der Waals surface area (Å²) in [4.78, 5) is 0.199. The minimum absolute atomic E-state index is 0.151. The molecule has 0 aromatic heterocycles. The van der Waals surface area contributed by atoms with Crippen LogP contribution in [0, 0.1) is 6.92 Å². The Kier molecular flexibility index (Phi) is 3.19. The van der Waals surface area contributed by atoms with Crippen molar-refractivity contribution < 1.29 is 13.5 Å². The van der Waals surface area contributed by atoms with Crippen LogP contribution in [0.4, 0.5) is 5.69 Å². The van der Waals surface area contributed by atoms with Crippen LogP contribution < -0.4 is 5.73 Å². The molecule has 17 heavy (non-hydrogen) atoms. The molecular formula is C10H13BrN2O3S. The molecule has 0 aliphatic carbocycles. The van der Waals surface area contributed by atoms with Crippen molar-refractivity contribution >= 4 is 31.6 Å². The number of hydrogen-bond donors (Lipinski definition) is 2. The fourth-order valence-corrected chi connectivity index (χ4v) is 3.91. The van der Waals surface area contributed by atoms with Gasteiger partial charge in [-0.2, -0.15) is 4.31 Å². The number of nitrogen functional groups attached to an aromatic ring is 1. The fraction of sp³-hybridized carbons (Fsp3) is 0.400. The quantitative estimate of drug-likeness (QED) is 0.786. The lowest BCUT2D eigenvalue weighted by Crippen LogP contribution is -2.53. The smallest absolute Gasteiger partial charge is 0.243 e. The van der Waals surface area contributed by atoms with Gasteiger partial charge in [-0.05, 0) is 40.5 Å². The summed E-state index contributed by atoms with van der Waals surface area (Å²) in [5, 5.41) is 9.16. The highest BCUT2D eigenvalue weighted by atomic mass is 79.9. The van der Waals surface area contributed by atoms with Gasteiger partial charge < -0.3 is 10.8 Å². The molecule has 1 aliphatic rings. The minimum atomic E-state index is -3.53. The highest BCUT2D eigenvalue weighted by Crippen LogP contribution is 2.30. The van der Waals surface area contributed by atoms with E-state index in [0.29, 0.717) is 15.7 Å². The first kappa shape index (κ1) is 12.8. The monoisotopic (exact) mass is 320 g/mol. The summed E-state index contributed by atoms with van der Waals surface area (Å²) in [6, 6.07) is 3.12. The van der Waals surface area contributed by atoms with Crippen molar-refractivity contribution in [3.8, 4) is 0 Å². The Morgan fingerprint density at radius 1 is 1.47 bits per heavy atom. The Bertz CT molecular complexity index is 553. The van der Waals surface area contributed by atoms with Gasteiger partial charge in [0.05, 0.1) is 11.0 Å². The normalized spacial score (nSPS) is 18.1. The third-order valence-electron chi connectivity index (χ3n) is 2.74. The molecule has 1 fully saturated rings.